The molecule has 180 valence electrons. The summed E-state index contributed by atoms with van der Waals surface area (Å²) in [6.45, 7) is 0.845. The van der Waals surface area contributed by atoms with Crippen molar-refractivity contribution in [3.8, 4) is 17.2 Å². The number of para-hydroxylation sites is 1. The van der Waals surface area contributed by atoms with Gasteiger partial charge < -0.3 is 24.4 Å². The summed E-state index contributed by atoms with van der Waals surface area (Å²) in [4.78, 5) is 29.2. The van der Waals surface area contributed by atoms with Crippen molar-refractivity contribution in [3.05, 3.63) is 88.5 Å². The van der Waals surface area contributed by atoms with Gasteiger partial charge in [0.2, 0.25) is 5.91 Å². The first-order chi connectivity index (χ1) is 17.1. The summed E-state index contributed by atoms with van der Waals surface area (Å²) in [5.41, 5.74) is 4.16. The number of nitrogens with one attached hydrogen (secondary N) is 1. The fourth-order valence-corrected chi connectivity index (χ4v) is 5.28. The number of rotatable bonds is 6. The van der Waals surface area contributed by atoms with Crippen LogP contribution < -0.4 is 19.5 Å². The number of fused-ring (bicyclic) bond motifs is 4. The molecule has 2 amide bonds. The van der Waals surface area contributed by atoms with Gasteiger partial charge in [0.15, 0.2) is 11.5 Å². The average molecular weight is 473 g/mol. The Labute approximate surface area is 204 Å². The highest BCUT2D eigenvalue weighted by Crippen LogP contribution is 2.48. The van der Waals surface area contributed by atoms with E-state index in [1.165, 1.54) is 0 Å². The maximum atomic E-state index is 13.8. The van der Waals surface area contributed by atoms with Crippen molar-refractivity contribution >= 4 is 11.8 Å². The van der Waals surface area contributed by atoms with E-state index in [0.29, 0.717) is 42.3 Å². The Balaban J connectivity index is 1.58. The lowest BCUT2D eigenvalue weighted by Gasteiger charge is -2.45. The molecule has 7 heteroatoms. The van der Waals surface area contributed by atoms with Gasteiger partial charge in [-0.3, -0.25) is 9.59 Å². The van der Waals surface area contributed by atoms with Gasteiger partial charge in [-0.25, -0.2) is 0 Å². The maximum Gasteiger partial charge on any atom is 0.254 e. The fraction of sp³-hybridized carbons (Fsp3) is 0.286. The predicted octanol–water partition coefficient (Wildman–Crippen LogP) is 3.87. The van der Waals surface area contributed by atoms with Crippen molar-refractivity contribution < 1.29 is 23.8 Å². The number of methoxy groups -OCH3 is 3. The van der Waals surface area contributed by atoms with Crippen LogP contribution in [0.15, 0.2) is 60.7 Å². The van der Waals surface area contributed by atoms with Crippen molar-refractivity contribution in [2.24, 2.45) is 0 Å². The van der Waals surface area contributed by atoms with Gasteiger partial charge in [-0.05, 0) is 47.4 Å². The Morgan fingerprint density at radius 2 is 1.60 bits per heavy atom. The molecule has 0 unspecified atom stereocenters. The first-order valence-electron chi connectivity index (χ1n) is 11.6. The molecule has 0 bridgehead atoms. The first kappa shape index (κ1) is 22.8. The van der Waals surface area contributed by atoms with Crippen LogP contribution in [-0.2, 0) is 17.8 Å². The molecule has 2 atom stereocenters. The van der Waals surface area contributed by atoms with E-state index in [1.807, 2.05) is 59.5 Å². The Morgan fingerprint density at radius 1 is 0.914 bits per heavy atom. The zero-order valence-corrected chi connectivity index (χ0v) is 20.0. The Morgan fingerprint density at radius 3 is 2.37 bits per heavy atom. The molecular formula is C28H28N2O5. The van der Waals surface area contributed by atoms with E-state index in [9.17, 15) is 9.59 Å². The average Bonchev–Trinajstić information content (AvgIpc) is 2.91. The van der Waals surface area contributed by atoms with Crippen LogP contribution >= 0.6 is 0 Å². The molecule has 0 radical (unpaired) electrons. The summed E-state index contributed by atoms with van der Waals surface area (Å²) >= 11 is 0. The van der Waals surface area contributed by atoms with Gasteiger partial charge in [-0.15, -0.1) is 0 Å². The standard InChI is InChI=1S/C28H28N2O5/c1-33-22-11-7-4-8-18(22)16-29-27(31)25-19-9-5-6-10-20(19)28(32)30-13-12-17-14-23(34-2)24(35-3)15-21(17)26(25)30/h4-11,14-15,25-26H,12-13,16H2,1-3H3,(H,29,31)/t25-,26+/m1/s1. The second-order valence-corrected chi connectivity index (χ2v) is 8.69. The summed E-state index contributed by atoms with van der Waals surface area (Å²) in [6, 6.07) is 18.4. The number of ether oxygens (including phenoxy) is 3. The molecule has 0 spiro atoms. The zero-order valence-electron chi connectivity index (χ0n) is 20.0. The molecule has 0 aromatic heterocycles. The molecule has 0 fully saturated rings. The molecule has 2 aliphatic rings. The van der Waals surface area contributed by atoms with E-state index in [0.717, 1.165) is 22.3 Å². The van der Waals surface area contributed by atoms with E-state index < -0.39 is 12.0 Å². The van der Waals surface area contributed by atoms with Crippen LogP contribution in [0.1, 0.15) is 44.6 Å². The van der Waals surface area contributed by atoms with Gasteiger partial charge in [0, 0.05) is 24.2 Å². The third kappa shape index (κ3) is 3.87. The maximum absolute atomic E-state index is 13.8. The molecule has 5 rings (SSSR count). The number of carbonyl (C=O) groups is 2. The monoisotopic (exact) mass is 472 g/mol. The molecule has 3 aromatic rings. The summed E-state index contributed by atoms with van der Waals surface area (Å²) in [7, 11) is 4.81. The fourth-order valence-electron chi connectivity index (χ4n) is 5.28. The Hall–Kier alpha value is -4.00. The van der Waals surface area contributed by atoms with Crippen molar-refractivity contribution in [1.29, 1.82) is 0 Å². The number of amides is 2. The lowest BCUT2D eigenvalue weighted by Crippen LogP contribution is -2.50. The molecule has 0 saturated heterocycles. The van der Waals surface area contributed by atoms with Crippen molar-refractivity contribution in [1.82, 2.24) is 10.2 Å². The van der Waals surface area contributed by atoms with Gasteiger partial charge >= 0.3 is 0 Å². The smallest absolute Gasteiger partial charge is 0.254 e. The highest BCUT2D eigenvalue weighted by Gasteiger charge is 2.46. The SMILES string of the molecule is COc1ccccc1CNC(=O)[C@@H]1c2ccccc2C(=O)N2CCc3cc(OC)c(OC)cc3[C@@H]12. The summed E-state index contributed by atoms with van der Waals surface area (Å²) in [5.74, 6) is 1.16. The number of nitrogens with zero attached hydrogens (tertiary/aromatic N) is 1. The molecule has 0 aliphatic carbocycles. The van der Waals surface area contributed by atoms with Crippen LogP contribution in [0.5, 0.6) is 17.2 Å². The third-order valence-electron chi connectivity index (χ3n) is 6.95. The van der Waals surface area contributed by atoms with E-state index in [1.54, 1.807) is 27.4 Å². The minimum atomic E-state index is -0.573. The van der Waals surface area contributed by atoms with Crippen LogP contribution in [0.4, 0.5) is 0 Å². The highest BCUT2D eigenvalue weighted by molar-refractivity contribution is 6.01. The van der Waals surface area contributed by atoms with Crippen LogP contribution in [0.25, 0.3) is 0 Å². The van der Waals surface area contributed by atoms with Crippen LogP contribution in [0.2, 0.25) is 0 Å². The summed E-state index contributed by atoms with van der Waals surface area (Å²) in [5, 5.41) is 3.10. The molecule has 1 N–H and O–H groups in total. The molecule has 2 aliphatic heterocycles. The number of hydrogen-bond acceptors (Lipinski definition) is 5. The van der Waals surface area contributed by atoms with Crippen molar-refractivity contribution in [2.45, 2.75) is 24.9 Å². The molecule has 35 heavy (non-hydrogen) atoms. The van der Waals surface area contributed by atoms with Crippen LogP contribution in [0.3, 0.4) is 0 Å². The third-order valence-corrected chi connectivity index (χ3v) is 6.95. The second-order valence-electron chi connectivity index (χ2n) is 8.69. The van der Waals surface area contributed by atoms with Gasteiger partial charge in [0.25, 0.3) is 5.91 Å². The van der Waals surface area contributed by atoms with Crippen molar-refractivity contribution in [3.63, 3.8) is 0 Å². The first-order valence-corrected chi connectivity index (χ1v) is 11.6. The normalized spacial score (nSPS) is 18.1. The number of carbonyl (C=O) groups excluding carboxylic acids is 2. The van der Waals surface area contributed by atoms with E-state index >= 15 is 0 Å². The number of benzene rings is 3. The minimum Gasteiger partial charge on any atom is -0.496 e. The lowest BCUT2D eigenvalue weighted by atomic mass is 9.75. The van der Waals surface area contributed by atoms with Gasteiger partial charge in [-0.2, -0.15) is 0 Å². The topological polar surface area (TPSA) is 77.1 Å². The second kappa shape index (κ2) is 9.33. The summed E-state index contributed by atoms with van der Waals surface area (Å²) in [6.07, 6.45) is 0.676. The minimum absolute atomic E-state index is 0.0557. The van der Waals surface area contributed by atoms with E-state index in [2.05, 4.69) is 5.32 Å². The largest absolute Gasteiger partial charge is 0.496 e. The lowest BCUT2D eigenvalue weighted by molar-refractivity contribution is -0.124. The Kier molecular flexibility index (Phi) is 6.07. The van der Waals surface area contributed by atoms with Crippen LogP contribution in [0, 0.1) is 0 Å². The number of hydrogen-bond donors (Lipinski definition) is 1. The van der Waals surface area contributed by atoms with E-state index in [-0.39, 0.29) is 11.8 Å². The van der Waals surface area contributed by atoms with Crippen LogP contribution in [-0.4, -0.2) is 44.6 Å². The molecule has 7 nitrogen and oxygen atoms in total. The molecular weight excluding hydrogens is 444 g/mol. The van der Waals surface area contributed by atoms with Crippen molar-refractivity contribution in [2.75, 3.05) is 27.9 Å². The quantitative estimate of drug-likeness (QED) is 0.590. The highest BCUT2D eigenvalue weighted by atomic mass is 16.5. The summed E-state index contributed by atoms with van der Waals surface area (Å²) < 4.78 is 16.5. The van der Waals surface area contributed by atoms with Gasteiger partial charge in [-0.1, -0.05) is 36.4 Å². The van der Waals surface area contributed by atoms with Gasteiger partial charge in [0.1, 0.15) is 5.75 Å². The Bertz CT molecular complexity index is 1290. The molecule has 0 saturated carbocycles. The zero-order chi connectivity index (χ0) is 24.5. The molecule has 3 aromatic carbocycles. The van der Waals surface area contributed by atoms with Gasteiger partial charge in [0.05, 0.1) is 33.3 Å². The van der Waals surface area contributed by atoms with E-state index in [4.69, 9.17) is 14.2 Å². The predicted molar refractivity (Wildman–Crippen MR) is 131 cm³/mol. The molecule has 2 heterocycles.